The molecule has 3 nitrogen and oxygen atoms in total. The Labute approximate surface area is 165 Å². The lowest BCUT2D eigenvalue weighted by Gasteiger charge is -2.07. The van der Waals surface area contributed by atoms with Gasteiger partial charge in [0.05, 0.1) is 16.1 Å². The van der Waals surface area contributed by atoms with E-state index in [1.807, 2.05) is 0 Å². The molecule has 0 atom stereocenters. The predicted molar refractivity (Wildman–Crippen MR) is 106 cm³/mol. The molecule has 0 spiro atoms. The first-order valence-electron chi connectivity index (χ1n) is 8.28. The topological polar surface area (TPSA) is 46.2 Å². The quantitative estimate of drug-likeness (QED) is 0.439. The summed E-state index contributed by atoms with van der Waals surface area (Å²) in [5.41, 5.74) is 0.774. The van der Waals surface area contributed by atoms with Crippen molar-refractivity contribution in [2.45, 2.75) is 0 Å². The van der Waals surface area contributed by atoms with Gasteiger partial charge >= 0.3 is 0 Å². The van der Waals surface area contributed by atoms with Crippen LogP contribution in [0.3, 0.4) is 0 Å². The summed E-state index contributed by atoms with van der Waals surface area (Å²) in [5.74, 6) is -3.01. The molecule has 0 unspecified atom stereocenters. The number of rotatable bonds is 5. The number of hydrogen-bond acceptors (Lipinski definition) is 2. The van der Waals surface area contributed by atoms with E-state index in [2.05, 4.69) is 5.32 Å². The Morgan fingerprint density at radius 3 is 2.29 bits per heavy atom. The summed E-state index contributed by atoms with van der Waals surface area (Å²) in [6.07, 6.45) is 2.50. The SMILES string of the molecule is O=C(Nc1cccc(/C=C/C(=O)c2c(F)cccc2F)c1)c1ccccc1Cl. The number of carbonyl (C=O) groups is 2. The Balaban J connectivity index is 1.76. The molecular weight excluding hydrogens is 384 g/mol. The monoisotopic (exact) mass is 397 g/mol. The van der Waals surface area contributed by atoms with Crippen LogP contribution in [-0.4, -0.2) is 11.7 Å². The first-order valence-corrected chi connectivity index (χ1v) is 8.66. The van der Waals surface area contributed by atoms with Gasteiger partial charge in [-0.3, -0.25) is 9.59 Å². The molecule has 0 fully saturated rings. The maximum Gasteiger partial charge on any atom is 0.257 e. The van der Waals surface area contributed by atoms with Gasteiger partial charge in [0.1, 0.15) is 11.6 Å². The fourth-order valence-electron chi connectivity index (χ4n) is 2.55. The Hall–Kier alpha value is -3.31. The second-order valence-corrected chi connectivity index (χ2v) is 6.26. The van der Waals surface area contributed by atoms with Gasteiger partial charge in [-0.25, -0.2) is 8.78 Å². The molecule has 0 heterocycles. The highest BCUT2D eigenvalue weighted by atomic mass is 35.5. The molecule has 0 aliphatic rings. The predicted octanol–water partition coefficient (Wildman–Crippen LogP) is 5.77. The second kappa shape index (κ2) is 8.59. The Morgan fingerprint density at radius 2 is 1.57 bits per heavy atom. The zero-order valence-corrected chi connectivity index (χ0v) is 15.2. The minimum absolute atomic E-state index is 0.327. The number of hydrogen-bond donors (Lipinski definition) is 1. The third-order valence-corrected chi connectivity index (χ3v) is 4.23. The summed E-state index contributed by atoms with van der Waals surface area (Å²) in [4.78, 5) is 24.4. The number of ketones is 1. The van der Waals surface area contributed by atoms with Crippen molar-refractivity contribution in [1.29, 1.82) is 0 Å². The van der Waals surface area contributed by atoms with Crippen molar-refractivity contribution >= 4 is 35.1 Å². The van der Waals surface area contributed by atoms with E-state index in [4.69, 9.17) is 11.6 Å². The van der Waals surface area contributed by atoms with Gasteiger partial charge in [-0.2, -0.15) is 0 Å². The van der Waals surface area contributed by atoms with E-state index in [1.54, 1.807) is 48.5 Å². The summed E-state index contributed by atoms with van der Waals surface area (Å²) in [5, 5.41) is 3.04. The Kier molecular flexibility index (Phi) is 5.96. The van der Waals surface area contributed by atoms with E-state index >= 15 is 0 Å². The van der Waals surface area contributed by atoms with Gasteiger partial charge < -0.3 is 5.32 Å². The molecule has 0 aliphatic carbocycles. The van der Waals surface area contributed by atoms with Crippen molar-refractivity contribution in [3.8, 4) is 0 Å². The molecule has 0 aromatic heterocycles. The first kappa shape index (κ1) is 19.5. The van der Waals surface area contributed by atoms with E-state index in [-0.39, 0.29) is 5.91 Å². The van der Waals surface area contributed by atoms with Crippen LogP contribution >= 0.6 is 11.6 Å². The Morgan fingerprint density at radius 1 is 0.893 bits per heavy atom. The van der Waals surface area contributed by atoms with Gasteiger partial charge in [0.25, 0.3) is 5.91 Å². The van der Waals surface area contributed by atoms with Crippen LogP contribution < -0.4 is 5.32 Å². The van der Waals surface area contributed by atoms with E-state index < -0.39 is 23.0 Å². The highest BCUT2D eigenvalue weighted by molar-refractivity contribution is 6.34. The largest absolute Gasteiger partial charge is 0.322 e. The molecule has 1 amide bonds. The summed E-state index contributed by atoms with van der Waals surface area (Å²) in [6.45, 7) is 0. The van der Waals surface area contributed by atoms with Crippen molar-refractivity contribution in [1.82, 2.24) is 0 Å². The van der Waals surface area contributed by atoms with Crippen LogP contribution in [0.2, 0.25) is 5.02 Å². The van der Waals surface area contributed by atoms with E-state index in [0.717, 1.165) is 18.2 Å². The lowest BCUT2D eigenvalue weighted by molar-refractivity contribution is 0.102. The molecule has 3 rings (SSSR count). The van der Waals surface area contributed by atoms with Crippen LogP contribution in [0.1, 0.15) is 26.3 Å². The highest BCUT2D eigenvalue weighted by Crippen LogP contribution is 2.19. The molecule has 0 saturated carbocycles. The third-order valence-electron chi connectivity index (χ3n) is 3.90. The molecule has 0 saturated heterocycles. The highest BCUT2D eigenvalue weighted by Gasteiger charge is 2.14. The molecule has 0 radical (unpaired) electrons. The van der Waals surface area contributed by atoms with Crippen molar-refractivity contribution < 1.29 is 18.4 Å². The van der Waals surface area contributed by atoms with Crippen LogP contribution in [-0.2, 0) is 0 Å². The number of benzene rings is 3. The van der Waals surface area contributed by atoms with E-state index in [1.165, 1.54) is 12.1 Å². The minimum Gasteiger partial charge on any atom is -0.322 e. The number of allylic oxidation sites excluding steroid dienone is 1. The van der Waals surface area contributed by atoms with Crippen molar-refractivity contribution in [3.63, 3.8) is 0 Å². The standard InChI is InChI=1S/C22H14ClF2NO2/c23-17-8-2-1-7-16(17)22(28)26-15-6-3-5-14(13-15)11-12-20(27)21-18(24)9-4-10-19(21)25/h1-13H,(H,26,28)/b12-11+. The average Bonchev–Trinajstić information content (AvgIpc) is 2.67. The average molecular weight is 398 g/mol. The summed E-state index contributed by atoms with van der Waals surface area (Å²) in [6, 6.07) is 16.5. The Bertz CT molecular complexity index is 1060. The fourth-order valence-corrected chi connectivity index (χ4v) is 2.77. The summed E-state index contributed by atoms with van der Waals surface area (Å²) < 4.78 is 27.4. The number of anilines is 1. The lowest BCUT2D eigenvalue weighted by Crippen LogP contribution is -2.12. The third kappa shape index (κ3) is 4.50. The molecule has 6 heteroatoms. The summed E-state index contributed by atoms with van der Waals surface area (Å²) in [7, 11) is 0. The molecule has 0 bridgehead atoms. The van der Waals surface area contributed by atoms with Crippen molar-refractivity contribution in [2.75, 3.05) is 5.32 Å². The van der Waals surface area contributed by atoms with Gasteiger partial charge in [-0.15, -0.1) is 0 Å². The van der Waals surface area contributed by atoms with Crippen LogP contribution in [0, 0.1) is 11.6 Å². The molecule has 3 aromatic rings. The summed E-state index contributed by atoms with van der Waals surface area (Å²) >= 11 is 6.01. The molecule has 1 N–H and O–H groups in total. The van der Waals surface area contributed by atoms with Gasteiger partial charge in [-0.05, 0) is 48.0 Å². The fraction of sp³-hybridized carbons (Fsp3) is 0. The zero-order valence-electron chi connectivity index (χ0n) is 14.5. The second-order valence-electron chi connectivity index (χ2n) is 5.85. The maximum atomic E-state index is 13.7. The van der Waals surface area contributed by atoms with Crippen LogP contribution in [0.5, 0.6) is 0 Å². The van der Waals surface area contributed by atoms with Crippen LogP contribution in [0.25, 0.3) is 6.08 Å². The van der Waals surface area contributed by atoms with E-state index in [0.29, 0.717) is 21.8 Å². The van der Waals surface area contributed by atoms with E-state index in [9.17, 15) is 18.4 Å². The zero-order chi connectivity index (χ0) is 20.1. The normalized spacial score (nSPS) is 10.8. The van der Waals surface area contributed by atoms with Crippen LogP contribution in [0.4, 0.5) is 14.5 Å². The number of amides is 1. The van der Waals surface area contributed by atoms with Gasteiger partial charge in [0.2, 0.25) is 0 Å². The van der Waals surface area contributed by atoms with Gasteiger partial charge in [0.15, 0.2) is 5.78 Å². The van der Waals surface area contributed by atoms with Crippen molar-refractivity contribution in [3.05, 3.63) is 106 Å². The molecule has 28 heavy (non-hydrogen) atoms. The number of halogens is 3. The number of nitrogens with one attached hydrogen (secondary N) is 1. The molecule has 140 valence electrons. The smallest absolute Gasteiger partial charge is 0.257 e. The van der Waals surface area contributed by atoms with Gasteiger partial charge in [-0.1, -0.05) is 48.0 Å². The van der Waals surface area contributed by atoms with Crippen molar-refractivity contribution in [2.24, 2.45) is 0 Å². The molecule has 0 aliphatic heterocycles. The van der Waals surface area contributed by atoms with Crippen LogP contribution in [0.15, 0.2) is 72.8 Å². The maximum absolute atomic E-state index is 13.7. The molecular formula is C22H14ClF2NO2. The first-order chi connectivity index (χ1) is 13.5. The van der Waals surface area contributed by atoms with Gasteiger partial charge in [0, 0.05) is 5.69 Å². The lowest BCUT2D eigenvalue weighted by atomic mass is 10.1. The number of carbonyl (C=O) groups excluding carboxylic acids is 2. The molecule has 3 aromatic carbocycles. The minimum atomic E-state index is -0.921.